The maximum absolute atomic E-state index is 13.2. The maximum Gasteiger partial charge on any atom is 0.344 e. The Bertz CT molecular complexity index is 1340. The van der Waals surface area contributed by atoms with Crippen molar-refractivity contribution in [1.29, 1.82) is 0 Å². The van der Waals surface area contributed by atoms with E-state index < -0.39 is 10.9 Å². The Labute approximate surface area is 180 Å². The molecule has 0 unspecified atom stereocenters. The van der Waals surface area contributed by atoms with Gasteiger partial charge in [-0.3, -0.25) is 10.1 Å². The number of nitrogens with zero attached hydrogens (tertiary/aromatic N) is 3. The molecule has 4 rings (SSSR count). The fourth-order valence-corrected chi connectivity index (χ4v) is 4.23. The van der Waals surface area contributed by atoms with Crippen molar-refractivity contribution in [3.63, 3.8) is 0 Å². The smallest absolute Gasteiger partial charge is 0.344 e. The summed E-state index contributed by atoms with van der Waals surface area (Å²) in [5.41, 5.74) is 2.07. The van der Waals surface area contributed by atoms with E-state index in [0.29, 0.717) is 16.8 Å². The van der Waals surface area contributed by atoms with Gasteiger partial charge in [0.1, 0.15) is 0 Å². The molecule has 0 saturated heterocycles. The fraction of sp³-hybridized carbons (Fsp3) is 0.190. The van der Waals surface area contributed by atoms with Crippen molar-refractivity contribution in [2.75, 3.05) is 7.11 Å². The minimum Gasteiger partial charge on any atom is -0.493 e. The predicted molar refractivity (Wildman–Crippen MR) is 114 cm³/mol. The van der Waals surface area contributed by atoms with E-state index in [0.717, 1.165) is 21.4 Å². The van der Waals surface area contributed by atoms with E-state index in [1.807, 2.05) is 19.9 Å². The topological polar surface area (TPSA) is 118 Å². The van der Waals surface area contributed by atoms with Crippen LogP contribution in [0, 0.1) is 30.9 Å². The summed E-state index contributed by atoms with van der Waals surface area (Å²) < 4.78 is 16.0. The first-order valence-corrected chi connectivity index (χ1v) is 9.99. The third kappa shape index (κ3) is 3.73. The number of aryl methyl sites for hydroxylation is 3. The molecule has 9 nitrogen and oxygen atoms in total. The summed E-state index contributed by atoms with van der Waals surface area (Å²) in [7, 11) is 1.38. The number of methoxy groups -OCH3 is 1. The van der Waals surface area contributed by atoms with Gasteiger partial charge >= 0.3 is 5.97 Å². The first kappa shape index (κ1) is 20.5. The Kier molecular flexibility index (Phi) is 5.15. The van der Waals surface area contributed by atoms with Crippen LogP contribution >= 0.6 is 11.3 Å². The minimum absolute atomic E-state index is 0.0649. The quantitative estimate of drug-likeness (QED) is 0.184. The maximum atomic E-state index is 13.2. The van der Waals surface area contributed by atoms with Crippen molar-refractivity contribution in [2.45, 2.75) is 20.8 Å². The lowest BCUT2D eigenvalue weighted by molar-refractivity contribution is -0.384. The molecular formula is C21H17N3O6S. The van der Waals surface area contributed by atoms with Crippen molar-refractivity contribution in [1.82, 2.24) is 10.1 Å². The zero-order valence-corrected chi connectivity index (χ0v) is 17.9. The molecule has 3 heterocycles. The summed E-state index contributed by atoms with van der Waals surface area (Å²) in [6.07, 6.45) is 0. The minimum atomic E-state index is -0.733. The van der Waals surface area contributed by atoms with E-state index in [-0.39, 0.29) is 28.5 Å². The third-order valence-corrected chi connectivity index (χ3v) is 5.68. The van der Waals surface area contributed by atoms with Gasteiger partial charge in [0.05, 0.1) is 40.4 Å². The largest absolute Gasteiger partial charge is 0.493 e. The number of benzene rings is 1. The molecule has 0 aliphatic rings. The Morgan fingerprint density at radius 2 is 1.94 bits per heavy atom. The molecule has 0 amide bonds. The molecule has 0 spiro atoms. The number of nitro groups is 1. The first-order valence-electron chi connectivity index (χ1n) is 9.17. The van der Waals surface area contributed by atoms with Crippen LogP contribution in [0.5, 0.6) is 11.5 Å². The number of pyridine rings is 1. The summed E-state index contributed by atoms with van der Waals surface area (Å²) in [5, 5.41) is 15.5. The van der Waals surface area contributed by atoms with Crippen molar-refractivity contribution in [3.05, 3.63) is 61.5 Å². The molecule has 0 N–H and O–H groups in total. The third-order valence-electron chi connectivity index (χ3n) is 4.71. The van der Waals surface area contributed by atoms with Crippen molar-refractivity contribution in [2.24, 2.45) is 0 Å². The number of aromatic nitrogens is 2. The zero-order valence-electron chi connectivity index (χ0n) is 17.1. The normalized spacial score (nSPS) is 11.0. The van der Waals surface area contributed by atoms with E-state index in [9.17, 15) is 14.9 Å². The number of carbonyl (C=O) groups is 1. The Morgan fingerprint density at radius 3 is 2.58 bits per heavy atom. The van der Waals surface area contributed by atoms with Gasteiger partial charge in [0.25, 0.3) is 11.4 Å². The summed E-state index contributed by atoms with van der Waals surface area (Å²) in [4.78, 5) is 30.4. The molecule has 0 aliphatic heterocycles. The van der Waals surface area contributed by atoms with Gasteiger partial charge in [0.15, 0.2) is 11.5 Å². The van der Waals surface area contributed by atoms with Crippen LogP contribution in [0.2, 0.25) is 0 Å². The molecule has 0 aliphatic carbocycles. The average Bonchev–Trinajstić information content (AvgIpc) is 3.28. The van der Waals surface area contributed by atoms with Crippen LogP contribution in [0.1, 0.15) is 25.8 Å². The van der Waals surface area contributed by atoms with E-state index in [1.165, 1.54) is 19.2 Å². The molecule has 0 fully saturated rings. The number of rotatable bonds is 5. The van der Waals surface area contributed by atoms with Gasteiger partial charge < -0.3 is 14.0 Å². The molecule has 0 saturated carbocycles. The highest BCUT2D eigenvalue weighted by Gasteiger charge is 2.24. The molecule has 10 heteroatoms. The van der Waals surface area contributed by atoms with E-state index >= 15 is 0 Å². The molecule has 0 radical (unpaired) electrons. The van der Waals surface area contributed by atoms with Crippen LogP contribution in [0.4, 0.5) is 5.69 Å². The van der Waals surface area contributed by atoms with Crippen LogP contribution < -0.4 is 9.47 Å². The van der Waals surface area contributed by atoms with Gasteiger partial charge in [-0.25, -0.2) is 9.78 Å². The van der Waals surface area contributed by atoms with Gasteiger partial charge in [-0.1, -0.05) is 5.16 Å². The molecule has 1 aromatic carbocycles. The van der Waals surface area contributed by atoms with Crippen LogP contribution in [0.25, 0.3) is 22.4 Å². The van der Waals surface area contributed by atoms with E-state index in [4.69, 9.17) is 14.0 Å². The zero-order chi connectivity index (χ0) is 22.3. The van der Waals surface area contributed by atoms with E-state index in [1.54, 1.807) is 24.3 Å². The standard InChI is InChI=1S/C21H17N3O6S/c1-10-7-14(12(3)31-10)16-9-15(19-11(2)23-30-20(19)22-16)21(25)29-18-8-13(24(26)27)5-6-17(18)28-4/h5-9H,1-4H3. The van der Waals surface area contributed by atoms with E-state index in [2.05, 4.69) is 10.1 Å². The number of non-ortho nitro benzene ring substituents is 1. The lowest BCUT2D eigenvalue weighted by Crippen LogP contribution is -2.11. The number of thiophene rings is 1. The van der Waals surface area contributed by atoms with Crippen molar-refractivity contribution >= 4 is 34.1 Å². The highest BCUT2D eigenvalue weighted by Crippen LogP contribution is 2.35. The number of fused-ring (bicyclic) bond motifs is 1. The second kappa shape index (κ2) is 7.80. The molecule has 3 aromatic heterocycles. The Balaban J connectivity index is 1.83. The second-order valence-corrected chi connectivity index (χ2v) is 8.27. The van der Waals surface area contributed by atoms with Crippen LogP contribution in [-0.2, 0) is 0 Å². The molecule has 31 heavy (non-hydrogen) atoms. The average molecular weight is 439 g/mol. The summed E-state index contributed by atoms with van der Waals surface area (Å²) >= 11 is 1.62. The molecular weight excluding hydrogens is 422 g/mol. The summed E-state index contributed by atoms with van der Waals surface area (Å²) in [6, 6.07) is 7.38. The van der Waals surface area contributed by atoms with Crippen molar-refractivity contribution < 1.29 is 23.7 Å². The molecule has 4 aromatic rings. The Morgan fingerprint density at radius 1 is 1.16 bits per heavy atom. The van der Waals surface area contributed by atoms with Gasteiger partial charge in [-0.15, -0.1) is 11.3 Å². The second-order valence-electron chi connectivity index (χ2n) is 6.81. The van der Waals surface area contributed by atoms with Gasteiger partial charge in [-0.05, 0) is 39.0 Å². The number of hydrogen-bond acceptors (Lipinski definition) is 9. The van der Waals surface area contributed by atoms with Crippen molar-refractivity contribution in [3.8, 4) is 22.8 Å². The monoisotopic (exact) mass is 439 g/mol. The summed E-state index contributed by atoms with van der Waals surface area (Å²) in [6.45, 7) is 5.65. The number of hydrogen-bond donors (Lipinski definition) is 0. The number of carbonyl (C=O) groups excluding carboxylic acids is 1. The Hall–Kier alpha value is -3.79. The fourth-order valence-electron chi connectivity index (χ4n) is 3.29. The number of ether oxygens (including phenoxy) is 2. The van der Waals surface area contributed by atoms with Gasteiger partial charge in [0, 0.05) is 21.4 Å². The van der Waals surface area contributed by atoms with Crippen LogP contribution in [0.15, 0.2) is 34.9 Å². The highest BCUT2D eigenvalue weighted by atomic mass is 32.1. The first-order chi connectivity index (χ1) is 14.8. The summed E-state index contributed by atoms with van der Waals surface area (Å²) in [5.74, 6) is -0.607. The number of nitro benzene ring substituents is 1. The van der Waals surface area contributed by atoms with Gasteiger partial charge in [0.2, 0.25) is 0 Å². The lowest BCUT2D eigenvalue weighted by Gasteiger charge is -2.10. The number of esters is 1. The van der Waals surface area contributed by atoms with Gasteiger partial charge in [-0.2, -0.15) is 0 Å². The van der Waals surface area contributed by atoms with Crippen LogP contribution in [0.3, 0.4) is 0 Å². The molecule has 0 bridgehead atoms. The highest BCUT2D eigenvalue weighted by molar-refractivity contribution is 7.12. The molecule has 0 atom stereocenters. The predicted octanol–water partition coefficient (Wildman–Crippen LogP) is 5.01. The van der Waals surface area contributed by atoms with Crippen LogP contribution in [-0.4, -0.2) is 28.1 Å². The lowest BCUT2D eigenvalue weighted by atomic mass is 10.1. The SMILES string of the molecule is COc1ccc([N+](=O)[O-])cc1OC(=O)c1cc(-c2cc(C)sc2C)nc2onc(C)c12. The molecule has 158 valence electrons.